The summed E-state index contributed by atoms with van der Waals surface area (Å²) >= 11 is 0. The summed E-state index contributed by atoms with van der Waals surface area (Å²) in [6.45, 7) is 15.2. The second kappa shape index (κ2) is 9.07. The Morgan fingerprint density at radius 1 is 0.852 bits per heavy atom. The summed E-state index contributed by atoms with van der Waals surface area (Å²) in [4.78, 5) is 4.30. The molecule has 0 bridgehead atoms. The van der Waals surface area contributed by atoms with Crippen LogP contribution in [-0.2, 0) is 6.42 Å². The first-order valence-electron chi connectivity index (χ1n) is 10.1. The number of rotatable bonds is 6. The lowest BCUT2D eigenvalue weighted by Crippen LogP contribution is -2.50. The molecule has 27 heavy (non-hydrogen) atoms. The maximum absolute atomic E-state index is 9.16. The maximum atomic E-state index is 9.16. The quantitative estimate of drug-likeness (QED) is 0.472. The van der Waals surface area contributed by atoms with Crippen LogP contribution in [0, 0.1) is 5.41 Å². The predicted molar refractivity (Wildman–Crippen MR) is 119 cm³/mol. The number of hydrogen-bond donors (Lipinski definition) is 1. The number of benzene rings is 2. The minimum Gasteiger partial charge on any atom is -0.310 e. The molecule has 3 heteroatoms. The summed E-state index contributed by atoms with van der Waals surface area (Å²) in [5.74, 6) is 0.938. The van der Waals surface area contributed by atoms with E-state index in [1.54, 1.807) is 0 Å². The molecule has 146 valence electrons. The molecule has 0 radical (unpaired) electrons. The van der Waals surface area contributed by atoms with Crippen molar-refractivity contribution in [3.63, 3.8) is 0 Å². The standard InChI is InChI=1S/C24H35N3/c1-8-20-12-11-13-21(16-20)26(18(4)5)24(25)27(19(6)7)23-15-10-9-14-22(23)17(2)3/h9-19,25H,8H2,1-7H3. The van der Waals surface area contributed by atoms with E-state index in [2.05, 4.69) is 107 Å². The summed E-state index contributed by atoms with van der Waals surface area (Å²) < 4.78 is 0. The molecule has 0 heterocycles. The van der Waals surface area contributed by atoms with Crippen molar-refractivity contribution < 1.29 is 0 Å². The maximum Gasteiger partial charge on any atom is 0.203 e. The third-order valence-corrected chi connectivity index (χ3v) is 4.90. The molecule has 0 fully saturated rings. The Labute approximate surface area is 165 Å². The molecule has 0 aliphatic heterocycles. The fourth-order valence-corrected chi connectivity index (χ4v) is 3.54. The highest BCUT2D eigenvalue weighted by Crippen LogP contribution is 2.31. The average Bonchev–Trinajstić information content (AvgIpc) is 2.62. The molecular weight excluding hydrogens is 330 g/mol. The molecule has 1 N–H and O–H groups in total. The first-order valence-corrected chi connectivity index (χ1v) is 10.1. The zero-order chi connectivity index (χ0) is 20.1. The van der Waals surface area contributed by atoms with Crippen molar-refractivity contribution in [1.29, 1.82) is 5.41 Å². The molecule has 0 aliphatic carbocycles. The van der Waals surface area contributed by atoms with Gasteiger partial charge in [0.25, 0.3) is 0 Å². The van der Waals surface area contributed by atoms with Gasteiger partial charge in [-0.15, -0.1) is 0 Å². The molecule has 0 saturated carbocycles. The lowest BCUT2D eigenvalue weighted by molar-refractivity contribution is 0.739. The van der Waals surface area contributed by atoms with Gasteiger partial charge < -0.3 is 9.80 Å². The van der Waals surface area contributed by atoms with E-state index >= 15 is 0 Å². The Balaban J connectivity index is 2.53. The van der Waals surface area contributed by atoms with E-state index in [-0.39, 0.29) is 12.1 Å². The van der Waals surface area contributed by atoms with E-state index in [0.29, 0.717) is 11.9 Å². The summed E-state index contributed by atoms with van der Waals surface area (Å²) in [6, 6.07) is 17.4. The fourth-order valence-electron chi connectivity index (χ4n) is 3.54. The Morgan fingerprint density at radius 2 is 1.48 bits per heavy atom. The second-order valence-electron chi connectivity index (χ2n) is 7.99. The summed E-state index contributed by atoms with van der Waals surface area (Å²) in [7, 11) is 0. The summed E-state index contributed by atoms with van der Waals surface area (Å²) in [5, 5.41) is 9.16. The molecule has 0 saturated heterocycles. The molecule has 0 aromatic heterocycles. The van der Waals surface area contributed by atoms with Crippen molar-refractivity contribution in [1.82, 2.24) is 0 Å². The molecule has 2 aromatic rings. The van der Waals surface area contributed by atoms with Crippen molar-refractivity contribution in [2.75, 3.05) is 9.80 Å². The van der Waals surface area contributed by atoms with Gasteiger partial charge in [0.15, 0.2) is 0 Å². The first-order chi connectivity index (χ1) is 12.8. The Hall–Kier alpha value is -2.29. The van der Waals surface area contributed by atoms with Gasteiger partial charge in [-0.05, 0) is 69.4 Å². The molecule has 2 rings (SSSR count). The molecule has 0 spiro atoms. The largest absolute Gasteiger partial charge is 0.310 e. The van der Waals surface area contributed by atoms with Gasteiger partial charge in [-0.2, -0.15) is 0 Å². The van der Waals surface area contributed by atoms with Crippen LogP contribution < -0.4 is 9.80 Å². The number of guanidine groups is 1. The number of aryl methyl sites for hydroxylation is 1. The lowest BCUT2D eigenvalue weighted by Gasteiger charge is -2.39. The number of nitrogens with zero attached hydrogens (tertiary/aromatic N) is 2. The van der Waals surface area contributed by atoms with Crippen molar-refractivity contribution in [2.24, 2.45) is 0 Å². The van der Waals surface area contributed by atoms with Gasteiger partial charge in [-0.25, -0.2) is 0 Å². The minimum atomic E-state index is 0.188. The van der Waals surface area contributed by atoms with E-state index in [1.807, 2.05) is 0 Å². The highest BCUT2D eigenvalue weighted by Gasteiger charge is 2.26. The van der Waals surface area contributed by atoms with Crippen LogP contribution in [0.1, 0.15) is 65.5 Å². The number of para-hydroxylation sites is 1. The van der Waals surface area contributed by atoms with E-state index in [4.69, 9.17) is 5.41 Å². The van der Waals surface area contributed by atoms with Gasteiger partial charge in [0.1, 0.15) is 0 Å². The number of nitrogens with one attached hydrogen (secondary N) is 1. The van der Waals surface area contributed by atoms with E-state index in [1.165, 1.54) is 11.1 Å². The minimum absolute atomic E-state index is 0.188. The molecular formula is C24H35N3. The average molecular weight is 366 g/mol. The molecule has 0 amide bonds. The van der Waals surface area contributed by atoms with E-state index < -0.39 is 0 Å². The van der Waals surface area contributed by atoms with Crippen molar-refractivity contribution in [3.05, 3.63) is 59.7 Å². The highest BCUT2D eigenvalue weighted by atomic mass is 15.4. The van der Waals surface area contributed by atoms with Crippen LogP contribution in [0.15, 0.2) is 48.5 Å². The molecule has 0 aliphatic rings. The van der Waals surface area contributed by atoms with Gasteiger partial charge in [-0.1, -0.05) is 51.1 Å². The zero-order valence-corrected chi connectivity index (χ0v) is 18.0. The van der Waals surface area contributed by atoms with Crippen LogP contribution in [0.5, 0.6) is 0 Å². The lowest BCUT2D eigenvalue weighted by atomic mass is 10.00. The number of hydrogen-bond acceptors (Lipinski definition) is 1. The Morgan fingerprint density at radius 3 is 2.04 bits per heavy atom. The smallest absolute Gasteiger partial charge is 0.203 e. The van der Waals surface area contributed by atoms with Crippen molar-refractivity contribution >= 4 is 17.3 Å². The third kappa shape index (κ3) is 4.71. The SMILES string of the molecule is CCc1cccc(N(C(=N)N(c2ccccc2C(C)C)C(C)C)C(C)C)c1. The Kier molecular flexibility index (Phi) is 7.06. The van der Waals surface area contributed by atoms with Crippen molar-refractivity contribution in [3.8, 4) is 0 Å². The van der Waals surface area contributed by atoms with Crippen LogP contribution in [0.2, 0.25) is 0 Å². The van der Waals surface area contributed by atoms with Gasteiger partial charge in [-0.3, -0.25) is 5.41 Å². The summed E-state index contributed by atoms with van der Waals surface area (Å²) in [6.07, 6.45) is 0.997. The fraction of sp³-hybridized carbons (Fsp3) is 0.458. The van der Waals surface area contributed by atoms with Gasteiger partial charge in [0.05, 0.1) is 0 Å². The normalized spacial score (nSPS) is 11.3. The van der Waals surface area contributed by atoms with Gasteiger partial charge in [0, 0.05) is 23.5 Å². The van der Waals surface area contributed by atoms with Crippen LogP contribution >= 0.6 is 0 Å². The molecule has 0 unspecified atom stereocenters. The Bertz CT molecular complexity index is 762. The van der Waals surface area contributed by atoms with Crippen LogP contribution in [0.25, 0.3) is 0 Å². The van der Waals surface area contributed by atoms with E-state index in [0.717, 1.165) is 17.8 Å². The third-order valence-electron chi connectivity index (χ3n) is 4.90. The van der Waals surface area contributed by atoms with E-state index in [9.17, 15) is 0 Å². The van der Waals surface area contributed by atoms with Crippen LogP contribution in [-0.4, -0.2) is 18.0 Å². The monoisotopic (exact) mass is 365 g/mol. The van der Waals surface area contributed by atoms with Crippen LogP contribution in [0.3, 0.4) is 0 Å². The van der Waals surface area contributed by atoms with Crippen LogP contribution in [0.4, 0.5) is 11.4 Å². The van der Waals surface area contributed by atoms with Crippen molar-refractivity contribution in [2.45, 2.75) is 72.9 Å². The first kappa shape index (κ1) is 21.0. The molecule has 3 nitrogen and oxygen atoms in total. The summed E-state index contributed by atoms with van der Waals surface area (Å²) in [5.41, 5.74) is 4.79. The highest BCUT2D eigenvalue weighted by molar-refractivity contribution is 6.06. The van der Waals surface area contributed by atoms with Gasteiger partial charge >= 0.3 is 0 Å². The molecule has 2 aromatic carbocycles. The molecule has 0 atom stereocenters. The topological polar surface area (TPSA) is 30.3 Å². The predicted octanol–water partition coefficient (Wildman–Crippen LogP) is 6.44. The zero-order valence-electron chi connectivity index (χ0n) is 18.0. The second-order valence-corrected chi connectivity index (χ2v) is 7.99. The van der Waals surface area contributed by atoms with Gasteiger partial charge in [0.2, 0.25) is 5.96 Å². The number of anilines is 2.